The third-order valence-corrected chi connectivity index (χ3v) is 7.69. The molecule has 4 atom stereocenters. The molecule has 0 saturated carbocycles. The van der Waals surface area contributed by atoms with Crippen LogP contribution in [0.4, 0.5) is 0 Å². The number of esters is 4. The Morgan fingerprint density at radius 1 is 0.979 bits per heavy atom. The van der Waals surface area contributed by atoms with Crippen LogP contribution in [0.5, 0.6) is 11.5 Å². The second-order valence-corrected chi connectivity index (χ2v) is 11.7. The molecule has 1 aliphatic heterocycles. The highest BCUT2D eigenvalue weighted by Crippen LogP contribution is 2.31. The number of carbonyl (C=O) groups is 5. The van der Waals surface area contributed by atoms with E-state index in [1.807, 2.05) is 30.3 Å². The molecule has 1 aromatic heterocycles. The smallest absolute Gasteiger partial charge is 0.343 e. The fourth-order valence-corrected chi connectivity index (χ4v) is 5.08. The molecule has 254 valence electrons. The number of pyridine rings is 1. The largest absolute Gasteiger partial charge is 0.493 e. The second-order valence-electron chi connectivity index (χ2n) is 11.7. The molecule has 1 fully saturated rings. The Morgan fingerprint density at radius 3 is 2.33 bits per heavy atom. The number of hydrogen-bond donors (Lipinski definition) is 1. The summed E-state index contributed by atoms with van der Waals surface area (Å²) in [6.07, 6.45) is 0.948. The van der Waals surface area contributed by atoms with Gasteiger partial charge in [-0.3, -0.25) is 14.4 Å². The van der Waals surface area contributed by atoms with Gasteiger partial charge in [0.05, 0.1) is 18.6 Å². The lowest BCUT2D eigenvalue weighted by Crippen LogP contribution is -2.47. The highest BCUT2D eigenvalue weighted by Gasteiger charge is 2.42. The quantitative estimate of drug-likeness (QED) is 0.231. The van der Waals surface area contributed by atoms with Gasteiger partial charge in [0.1, 0.15) is 18.6 Å². The van der Waals surface area contributed by atoms with Crippen molar-refractivity contribution in [2.24, 2.45) is 11.8 Å². The van der Waals surface area contributed by atoms with Crippen LogP contribution in [0.15, 0.2) is 66.9 Å². The van der Waals surface area contributed by atoms with Crippen molar-refractivity contribution < 1.29 is 47.7 Å². The van der Waals surface area contributed by atoms with Gasteiger partial charge in [-0.15, -0.1) is 0 Å². The summed E-state index contributed by atoms with van der Waals surface area (Å²) in [4.78, 5) is 70.3. The minimum absolute atomic E-state index is 0.0433. The Kier molecular flexibility index (Phi) is 12.3. The molecule has 0 bridgehead atoms. The lowest BCUT2D eigenvalue weighted by atomic mass is 9.91. The van der Waals surface area contributed by atoms with Gasteiger partial charge in [0.25, 0.3) is 5.91 Å². The van der Waals surface area contributed by atoms with Gasteiger partial charge in [0.2, 0.25) is 5.75 Å². The molecule has 0 aliphatic carbocycles. The van der Waals surface area contributed by atoms with Crippen molar-refractivity contribution in [3.63, 3.8) is 0 Å². The summed E-state index contributed by atoms with van der Waals surface area (Å²) >= 11 is 0. The van der Waals surface area contributed by atoms with Crippen molar-refractivity contribution in [2.75, 3.05) is 13.7 Å². The predicted octanol–water partition coefficient (Wildman–Crippen LogP) is 4.28. The average molecular weight is 661 g/mol. The minimum Gasteiger partial charge on any atom is -0.493 e. The standard InChI is InChI=1S/C36H40N2O10/c1-6-10-23-13-15-25(16-14-23)34(41)48-31-28(44-5)17-18-37-29(31)32(39)38-27-20-45-35(42)26(19-24-11-8-7-9-12-24)30(22(4)46-36(27)43)47-33(40)21(2)3/h7-9,11-18,21-22,26-27,30H,6,10,19-20H2,1-5H3,(H,38,39). The first-order valence-corrected chi connectivity index (χ1v) is 15.8. The van der Waals surface area contributed by atoms with Crippen LogP contribution >= 0.6 is 0 Å². The summed E-state index contributed by atoms with van der Waals surface area (Å²) in [7, 11) is 1.33. The molecule has 12 heteroatoms. The number of carbonyl (C=O) groups excluding carboxylic acids is 5. The highest BCUT2D eigenvalue weighted by atomic mass is 16.6. The number of methoxy groups -OCH3 is 1. The first-order valence-electron chi connectivity index (χ1n) is 15.8. The van der Waals surface area contributed by atoms with E-state index in [9.17, 15) is 24.0 Å². The van der Waals surface area contributed by atoms with Gasteiger partial charge in [-0.2, -0.15) is 0 Å². The third-order valence-electron chi connectivity index (χ3n) is 7.69. The zero-order chi connectivity index (χ0) is 34.8. The normalized spacial score (nSPS) is 19.5. The summed E-state index contributed by atoms with van der Waals surface area (Å²) < 4.78 is 27.8. The number of ether oxygens (including phenoxy) is 5. The molecule has 2 aromatic carbocycles. The van der Waals surface area contributed by atoms with Crippen LogP contribution in [0.25, 0.3) is 0 Å². The Hall–Kier alpha value is -5.26. The number of rotatable bonds is 11. The second kappa shape index (κ2) is 16.5. The van der Waals surface area contributed by atoms with Crippen molar-refractivity contribution >= 4 is 29.8 Å². The number of nitrogens with one attached hydrogen (secondary N) is 1. The van der Waals surface area contributed by atoms with E-state index < -0.39 is 66.5 Å². The van der Waals surface area contributed by atoms with Crippen LogP contribution in [0.1, 0.15) is 66.1 Å². The van der Waals surface area contributed by atoms with E-state index in [2.05, 4.69) is 17.2 Å². The first kappa shape index (κ1) is 35.6. The van der Waals surface area contributed by atoms with Crippen molar-refractivity contribution in [3.05, 3.63) is 89.2 Å². The van der Waals surface area contributed by atoms with Gasteiger partial charge in [0.15, 0.2) is 23.6 Å². The maximum Gasteiger partial charge on any atom is 0.343 e. The van der Waals surface area contributed by atoms with Gasteiger partial charge in [0, 0.05) is 12.3 Å². The lowest BCUT2D eigenvalue weighted by Gasteiger charge is -2.29. The molecular formula is C36H40N2O10. The number of benzene rings is 2. The maximum absolute atomic E-state index is 13.6. The fourth-order valence-electron chi connectivity index (χ4n) is 5.08. The summed E-state index contributed by atoms with van der Waals surface area (Å²) in [5.41, 5.74) is 1.71. The van der Waals surface area contributed by atoms with E-state index >= 15 is 0 Å². The van der Waals surface area contributed by atoms with Gasteiger partial charge in [-0.25, -0.2) is 14.6 Å². The maximum atomic E-state index is 13.6. The molecule has 2 heterocycles. The number of nitrogens with zero attached hydrogens (tertiary/aromatic N) is 1. The molecule has 0 spiro atoms. The molecular weight excluding hydrogens is 620 g/mol. The summed E-state index contributed by atoms with van der Waals surface area (Å²) in [6.45, 7) is 6.25. The predicted molar refractivity (Wildman–Crippen MR) is 172 cm³/mol. The molecule has 4 rings (SSSR count). The van der Waals surface area contributed by atoms with Crippen molar-refractivity contribution in [1.29, 1.82) is 0 Å². The number of hydrogen-bond acceptors (Lipinski definition) is 11. The first-order chi connectivity index (χ1) is 23.0. The zero-order valence-corrected chi connectivity index (χ0v) is 27.6. The lowest BCUT2D eigenvalue weighted by molar-refractivity contribution is -0.176. The summed E-state index contributed by atoms with van der Waals surface area (Å²) in [5, 5.41) is 2.48. The van der Waals surface area contributed by atoms with E-state index in [1.165, 1.54) is 26.3 Å². The fraction of sp³-hybridized carbons (Fsp3) is 0.389. The van der Waals surface area contributed by atoms with E-state index in [4.69, 9.17) is 23.7 Å². The van der Waals surface area contributed by atoms with Crippen LogP contribution in [0, 0.1) is 11.8 Å². The van der Waals surface area contributed by atoms with E-state index in [1.54, 1.807) is 38.1 Å². The van der Waals surface area contributed by atoms with Gasteiger partial charge < -0.3 is 29.0 Å². The molecule has 0 radical (unpaired) electrons. The number of aromatic nitrogens is 1. The molecule has 1 saturated heterocycles. The topological polar surface area (TPSA) is 156 Å². The van der Waals surface area contributed by atoms with Crippen LogP contribution in [-0.2, 0) is 41.4 Å². The zero-order valence-electron chi connectivity index (χ0n) is 27.6. The van der Waals surface area contributed by atoms with Crippen molar-refractivity contribution in [3.8, 4) is 11.5 Å². The van der Waals surface area contributed by atoms with E-state index in [-0.39, 0.29) is 29.2 Å². The van der Waals surface area contributed by atoms with Crippen LogP contribution in [0.2, 0.25) is 0 Å². The molecule has 3 aromatic rings. The van der Waals surface area contributed by atoms with Crippen molar-refractivity contribution in [2.45, 2.75) is 65.2 Å². The molecule has 48 heavy (non-hydrogen) atoms. The van der Waals surface area contributed by atoms with Gasteiger partial charge in [-0.05, 0) is 43.0 Å². The average Bonchev–Trinajstić information content (AvgIpc) is 3.11. The number of amides is 1. The Morgan fingerprint density at radius 2 is 1.69 bits per heavy atom. The van der Waals surface area contributed by atoms with E-state index in [0.717, 1.165) is 24.0 Å². The Balaban J connectivity index is 1.58. The molecule has 12 nitrogen and oxygen atoms in total. The minimum atomic E-state index is -1.48. The van der Waals surface area contributed by atoms with Crippen molar-refractivity contribution in [1.82, 2.24) is 10.3 Å². The molecule has 4 unspecified atom stereocenters. The summed E-state index contributed by atoms with van der Waals surface area (Å²) in [5.74, 6) is -5.72. The Labute approximate surface area is 279 Å². The van der Waals surface area contributed by atoms with Crippen LogP contribution in [0.3, 0.4) is 0 Å². The highest BCUT2D eigenvalue weighted by molar-refractivity contribution is 6.00. The molecule has 1 aliphatic rings. The molecule has 1 amide bonds. The Bertz CT molecular complexity index is 1610. The van der Waals surface area contributed by atoms with Crippen LogP contribution in [-0.4, -0.2) is 66.7 Å². The van der Waals surface area contributed by atoms with Gasteiger partial charge in [-0.1, -0.05) is 69.7 Å². The third kappa shape index (κ3) is 8.96. The number of aryl methyl sites for hydroxylation is 1. The molecule has 1 N–H and O–H groups in total. The van der Waals surface area contributed by atoms with E-state index in [0.29, 0.717) is 0 Å². The monoisotopic (exact) mass is 660 g/mol. The SMILES string of the molecule is CCCc1ccc(C(=O)Oc2c(OC)ccnc2C(=O)NC2COC(=O)C(Cc3ccccc3)C(OC(=O)C(C)C)C(C)OC2=O)cc1. The van der Waals surface area contributed by atoms with Gasteiger partial charge >= 0.3 is 23.9 Å². The summed E-state index contributed by atoms with van der Waals surface area (Å²) in [6, 6.07) is 15.9. The number of cyclic esters (lactones) is 2. The van der Waals surface area contributed by atoms with Crippen LogP contribution < -0.4 is 14.8 Å².